The Morgan fingerprint density at radius 1 is 1.03 bits per heavy atom. The number of hydrogen-bond acceptors (Lipinski definition) is 4. The zero-order valence-electron chi connectivity index (χ0n) is 19.8. The summed E-state index contributed by atoms with van der Waals surface area (Å²) < 4.78 is 13.3. The Hall–Kier alpha value is -0.420. The minimum atomic E-state index is -0.420. The Bertz CT molecular complexity index is 769. The molecule has 12 atom stereocenters. The second-order valence-electron chi connectivity index (χ2n) is 12.8. The van der Waals surface area contributed by atoms with Crippen molar-refractivity contribution in [3.8, 4) is 0 Å². The highest BCUT2D eigenvalue weighted by atomic mass is 16.7. The van der Waals surface area contributed by atoms with Crippen LogP contribution < -0.4 is 0 Å². The molecule has 0 radical (unpaired) electrons. The summed E-state index contributed by atoms with van der Waals surface area (Å²) in [6.45, 7) is 10.4. The summed E-state index contributed by atoms with van der Waals surface area (Å²) >= 11 is 0. The summed E-state index contributed by atoms with van der Waals surface area (Å²) in [7, 11) is 0. The highest BCUT2D eigenvalue weighted by molar-refractivity contribution is 5.28. The molecule has 31 heavy (non-hydrogen) atoms. The summed E-state index contributed by atoms with van der Waals surface area (Å²) in [5, 5.41) is 21.4. The van der Waals surface area contributed by atoms with Gasteiger partial charge in [0.1, 0.15) is 0 Å². The zero-order chi connectivity index (χ0) is 21.8. The first-order valence-electron chi connectivity index (χ1n) is 13.1. The van der Waals surface area contributed by atoms with Crippen molar-refractivity contribution in [2.24, 2.45) is 46.3 Å². The van der Waals surface area contributed by atoms with E-state index in [1.807, 2.05) is 0 Å². The standard InChI is InChI=1S/C27H42O4/c1-15-7-10-27(30-14-15)16(2)24-22(31-27)13-21-19-6-5-17-11-18(28)12-23(29)26(17,4)20(19)8-9-25(21,24)3/h5,15-16,18-24,28-29H,6-14H2,1-4H3/t15?,16-,18+,19?,20?,21?,22?,23+,24?,25-,26-,27?/m0/s1. The number of hydrogen-bond donors (Lipinski definition) is 2. The van der Waals surface area contributed by atoms with E-state index in [-0.39, 0.29) is 17.3 Å². The molecule has 2 saturated heterocycles. The van der Waals surface area contributed by atoms with Crippen molar-refractivity contribution in [3.63, 3.8) is 0 Å². The molecule has 4 nitrogen and oxygen atoms in total. The van der Waals surface area contributed by atoms with Gasteiger partial charge >= 0.3 is 0 Å². The lowest BCUT2D eigenvalue weighted by Gasteiger charge is -2.59. The van der Waals surface area contributed by atoms with Gasteiger partial charge in [0.05, 0.1) is 24.9 Å². The Balaban J connectivity index is 1.29. The molecule has 0 aromatic heterocycles. The maximum Gasteiger partial charge on any atom is 0.171 e. The van der Waals surface area contributed by atoms with E-state index in [1.54, 1.807) is 0 Å². The monoisotopic (exact) mass is 430 g/mol. The zero-order valence-corrected chi connectivity index (χ0v) is 19.8. The number of fused-ring (bicyclic) bond motifs is 7. The SMILES string of the molecule is CC1CCC2(OC1)OC1CC3C4CC=C5C[C@@H](O)C[C@@H](O)[C@]5(C)C4CC[C@]3(C)C1[C@@H]2C. The molecule has 2 heterocycles. The fraction of sp³-hybridized carbons (Fsp3) is 0.926. The lowest BCUT2D eigenvalue weighted by atomic mass is 9.46. The molecule has 0 aromatic rings. The van der Waals surface area contributed by atoms with E-state index in [0.717, 1.165) is 32.3 Å². The maximum atomic E-state index is 11.1. The van der Waals surface area contributed by atoms with Gasteiger partial charge < -0.3 is 19.7 Å². The summed E-state index contributed by atoms with van der Waals surface area (Å²) in [5.41, 5.74) is 1.48. The van der Waals surface area contributed by atoms with Crippen molar-refractivity contribution in [3.05, 3.63) is 11.6 Å². The van der Waals surface area contributed by atoms with Gasteiger partial charge in [-0.25, -0.2) is 0 Å². The third-order valence-electron chi connectivity index (χ3n) is 11.4. The van der Waals surface area contributed by atoms with Crippen LogP contribution in [0.25, 0.3) is 0 Å². The molecule has 0 aromatic carbocycles. The number of ether oxygens (including phenoxy) is 2. The van der Waals surface area contributed by atoms with Gasteiger partial charge in [-0.1, -0.05) is 39.3 Å². The van der Waals surface area contributed by atoms with Gasteiger partial charge in [0.2, 0.25) is 0 Å². The highest BCUT2D eigenvalue weighted by Gasteiger charge is 2.69. The highest BCUT2D eigenvalue weighted by Crippen LogP contribution is 2.70. The van der Waals surface area contributed by atoms with Crippen LogP contribution in [0.2, 0.25) is 0 Å². The van der Waals surface area contributed by atoms with Crippen molar-refractivity contribution >= 4 is 0 Å². The molecular formula is C27H42O4. The molecule has 3 saturated carbocycles. The van der Waals surface area contributed by atoms with Crippen molar-refractivity contribution in [2.45, 2.75) is 103 Å². The fourth-order valence-electron chi connectivity index (χ4n) is 9.72. The van der Waals surface area contributed by atoms with Gasteiger partial charge in [0, 0.05) is 24.2 Å². The van der Waals surface area contributed by atoms with E-state index in [1.165, 1.54) is 24.8 Å². The van der Waals surface area contributed by atoms with Crippen LogP contribution in [-0.4, -0.2) is 40.9 Å². The average Bonchev–Trinajstić information content (AvgIpc) is 3.16. The molecule has 6 aliphatic rings. The average molecular weight is 431 g/mol. The molecule has 4 aliphatic carbocycles. The van der Waals surface area contributed by atoms with Gasteiger partial charge in [-0.15, -0.1) is 0 Å². The minimum Gasteiger partial charge on any atom is -0.393 e. The molecule has 0 amide bonds. The number of rotatable bonds is 0. The number of aliphatic hydroxyl groups excluding tert-OH is 2. The van der Waals surface area contributed by atoms with Crippen LogP contribution in [0.4, 0.5) is 0 Å². The molecule has 2 N–H and O–H groups in total. The van der Waals surface area contributed by atoms with E-state index in [4.69, 9.17) is 9.47 Å². The Morgan fingerprint density at radius 3 is 2.58 bits per heavy atom. The lowest BCUT2D eigenvalue weighted by molar-refractivity contribution is -0.272. The first-order valence-corrected chi connectivity index (χ1v) is 13.1. The molecular weight excluding hydrogens is 388 g/mol. The Kier molecular flexibility index (Phi) is 4.64. The topological polar surface area (TPSA) is 58.9 Å². The van der Waals surface area contributed by atoms with Crippen molar-refractivity contribution in [1.82, 2.24) is 0 Å². The summed E-state index contributed by atoms with van der Waals surface area (Å²) in [6, 6.07) is 0. The maximum absolute atomic E-state index is 11.1. The Morgan fingerprint density at radius 2 is 1.84 bits per heavy atom. The van der Waals surface area contributed by atoms with Crippen LogP contribution in [0.5, 0.6) is 0 Å². The quantitative estimate of drug-likeness (QED) is 0.548. The van der Waals surface area contributed by atoms with Crippen LogP contribution in [0, 0.1) is 46.3 Å². The van der Waals surface area contributed by atoms with Crippen LogP contribution >= 0.6 is 0 Å². The molecule has 4 heteroatoms. The van der Waals surface area contributed by atoms with Crippen molar-refractivity contribution in [2.75, 3.05) is 6.61 Å². The van der Waals surface area contributed by atoms with Gasteiger partial charge in [0.15, 0.2) is 5.79 Å². The predicted octanol–water partition coefficient (Wildman–Crippen LogP) is 4.68. The summed E-state index contributed by atoms with van der Waals surface area (Å²) in [6.07, 6.45) is 10.2. The second-order valence-corrected chi connectivity index (χ2v) is 12.8. The van der Waals surface area contributed by atoms with E-state index < -0.39 is 6.10 Å². The van der Waals surface area contributed by atoms with E-state index in [9.17, 15) is 10.2 Å². The first-order chi connectivity index (χ1) is 14.7. The molecule has 2 aliphatic heterocycles. The Labute approximate surface area is 187 Å². The second kappa shape index (κ2) is 6.81. The smallest absolute Gasteiger partial charge is 0.171 e. The van der Waals surface area contributed by atoms with Crippen LogP contribution in [0.1, 0.15) is 79.1 Å². The van der Waals surface area contributed by atoms with Gasteiger partial charge in [-0.2, -0.15) is 0 Å². The number of aliphatic hydroxyl groups is 2. The van der Waals surface area contributed by atoms with Gasteiger partial charge in [-0.05, 0) is 73.5 Å². The third kappa shape index (κ3) is 2.68. The first kappa shape index (κ1) is 21.1. The molecule has 1 spiro atoms. The van der Waals surface area contributed by atoms with Crippen LogP contribution in [0.15, 0.2) is 11.6 Å². The van der Waals surface area contributed by atoms with Crippen molar-refractivity contribution in [1.29, 1.82) is 0 Å². The fourth-order valence-corrected chi connectivity index (χ4v) is 9.72. The van der Waals surface area contributed by atoms with Gasteiger partial charge in [0.25, 0.3) is 0 Å². The summed E-state index contributed by atoms with van der Waals surface area (Å²) in [5.74, 6) is 3.17. The molecule has 5 fully saturated rings. The molecule has 7 unspecified atom stereocenters. The normalized spacial score (nSPS) is 60.7. The van der Waals surface area contributed by atoms with Gasteiger partial charge in [-0.3, -0.25) is 0 Å². The van der Waals surface area contributed by atoms with Crippen LogP contribution in [-0.2, 0) is 9.47 Å². The minimum absolute atomic E-state index is 0.155. The van der Waals surface area contributed by atoms with Crippen molar-refractivity contribution < 1.29 is 19.7 Å². The van der Waals surface area contributed by atoms with E-state index in [2.05, 4.69) is 33.8 Å². The van der Waals surface area contributed by atoms with E-state index >= 15 is 0 Å². The predicted molar refractivity (Wildman–Crippen MR) is 119 cm³/mol. The molecule has 174 valence electrons. The lowest BCUT2D eigenvalue weighted by Crippen LogP contribution is -2.56. The van der Waals surface area contributed by atoms with E-state index in [0.29, 0.717) is 53.4 Å². The third-order valence-corrected chi connectivity index (χ3v) is 11.4. The molecule has 6 rings (SSSR count). The largest absolute Gasteiger partial charge is 0.393 e. The van der Waals surface area contributed by atoms with Crippen LogP contribution in [0.3, 0.4) is 0 Å². The number of allylic oxidation sites excluding steroid dienone is 1. The summed E-state index contributed by atoms with van der Waals surface area (Å²) in [4.78, 5) is 0. The molecule has 0 bridgehead atoms.